The molecule has 2 aromatic rings. The van der Waals surface area contributed by atoms with Crippen LogP contribution >= 0.6 is 0 Å². The highest BCUT2D eigenvalue weighted by Gasteiger charge is 2.34. The second-order valence-electron chi connectivity index (χ2n) is 6.42. The maximum atomic E-state index is 12.5. The quantitative estimate of drug-likeness (QED) is 0.901. The lowest BCUT2D eigenvalue weighted by Gasteiger charge is -2.24. The van der Waals surface area contributed by atoms with Gasteiger partial charge in [0.1, 0.15) is 0 Å². The van der Waals surface area contributed by atoms with Crippen LogP contribution in [-0.2, 0) is 13.6 Å². The highest BCUT2D eigenvalue weighted by Crippen LogP contribution is 2.30. The van der Waals surface area contributed by atoms with Crippen LogP contribution in [0.2, 0.25) is 0 Å². The van der Waals surface area contributed by atoms with Crippen molar-refractivity contribution in [1.82, 2.24) is 24.6 Å². The highest BCUT2D eigenvalue weighted by atomic mass is 16.2. The summed E-state index contributed by atoms with van der Waals surface area (Å²) >= 11 is 0. The van der Waals surface area contributed by atoms with Crippen molar-refractivity contribution in [2.45, 2.75) is 38.8 Å². The van der Waals surface area contributed by atoms with Gasteiger partial charge >= 0.3 is 11.7 Å². The van der Waals surface area contributed by atoms with Crippen molar-refractivity contribution in [2.75, 3.05) is 13.1 Å². The number of hydrogen-bond donors (Lipinski definition) is 1. The predicted octanol–water partition coefficient (Wildman–Crippen LogP) is 1.89. The molecule has 0 spiro atoms. The van der Waals surface area contributed by atoms with E-state index >= 15 is 0 Å². The van der Waals surface area contributed by atoms with E-state index in [1.165, 1.54) is 4.68 Å². The summed E-state index contributed by atoms with van der Waals surface area (Å²) in [5.41, 5.74) is 0.888. The van der Waals surface area contributed by atoms with Gasteiger partial charge in [0.05, 0.1) is 12.6 Å². The Balaban J connectivity index is 1.90. The van der Waals surface area contributed by atoms with E-state index in [-0.39, 0.29) is 17.8 Å². The summed E-state index contributed by atoms with van der Waals surface area (Å²) in [4.78, 5) is 26.8. The maximum absolute atomic E-state index is 12.5. The molecule has 1 fully saturated rings. The third-order valence-electron chi connectivity index (χ3n) is 4.56. The molecular formula is C18H25N5O2. The second-order valence-corrected chi connectivity index (χ2v) is 6.42. The van der Waals surface area contributed by atoms with E-state index in [1.54, 1.807) is 16.5 Å². The number of carbonyl (C=O) groups is 1. The smallest absolute Gasteiger partial charge is 0.338 e. The molecule has 2 heterocycles. The number of benzene rings is 1. The minimum Gasteiger partial charge on any atom is -0.338 e. The molecule has 0 aliphatic carbocycles. The van der Waals surface area contributed by atoms with Crippen LogP contribution in [0.15, 0.2) is 35.1 Å². The number of aryl methyl sites for hydroxylation is 1. The SMILES string of the molecule is CCCNC(=O)N1CCCC1c1nn(C)c(=O)n1Cc1ccccc1. The Bertz CT molecular complexity index is 781. The van der Waals surface area contributed by atoms with E-state index in [0.29, 0.717) is 25.5 Å². The number of carbonyl (C=O) groups excluding carboxylic acids is 1. The molecule has 1 aromatic carbocycles. The van der Waals surface area contributed by atoms with Crippen molar-refractivity contribution in [3.63, 3.8) is 0 Å². The third-order valence-corrected chi connectivity index (χ3v) is 4.56. The first kappa shape index (κ1) is 17.3. The minimum atomic E-state index is -0.158. The van der Waals surface area contributed by atoms with E-state index in [2.05, 4.69) is 10.4 Å². The molecule has 1 saturated heterocycles. The Hall–Kier alpha value is -2.57. The Labute approximate surface area is 147 Å². The number of nitrogens with zero attached hydrogens (tertiary/aromatic N) is 4. The molecule has 0 saturated carbocycles. The van der Waals surface area contributed by atoms with E-state index in [1.807, 2.05) is 37.3 Å². The standard InChI is InChI=1S/C18H25N5O2/c1-3-11-19-17(24)22-12-7-10-15(22)16-20-21(2)18(25)23(16)13-14-8-5-4-6-9-14/h4-6,8-9,15H,3,7,10-13H2,1-2H3,(H,19,24). The summed E-state index contributed by atoms with van der Waals surface area (Å²) < 4.78 is 3.05. The zero-order valence-corrected chi connectivity index (χ0v) is 14.8. The van der Waals surface area contributed by atoms with Crippen molar-refractivity contribution in [3.05, 3.63) is 52.2 Å². The Morgan fingerprint density at radius 1 is 1.32 bits per heavy atom. The number of aromatic nitrogens is 3. The average Bonchev–Trinajstić information content (AvgIpc) is 3.21. The zero-order valence-electron chi connectivity index (χ0n) is 14.8. The summed E-state index contributed by atoms with van der Waals surface area (Å²) in [7, 11) is 1.66. The summed E-state index contributed by atoms with van der Waals surface area (Å²) in [6.07, 6.45) is 2.64. The van der Waals surface area contributed by atoms with Crippen LogP contribution in [0.3, 0.4) is 0 Å². The van der Waals surface area contributed by atoms with Crippen molar-refractivity contribution in [1.29, 1.82) is 0 Å². The second kappa shape index (κ2) is 7.55. The molecule has 1 aromatic heterocycles. The lowest BCUT2D eigenvalue weighted by atomic mass is 10.2. The van der Waals surface area contributed by atoms with Crippen LogP contribution in [0.4, 0.5) is 4.79 Å². The van der Waals surface area contributed by atoms with Gasteiger partial charge in [-0.2, -0.15) is 5.10 Å². The first-order valence-corrected chi connectivity index (χ1v) is 8.84. The molecular weight excluding hydrogens is 318 g/mol. The molecule has 7 heteroatoms. The molecule has 1 unspecified atom stereocenters. The monoisotopic (exact) mass is 343 g/mol. The highest BCUT2D eigenvalue weighted by molar-refractivity contribution is 5.74. The lowest BCUT2D eigenvalue weighted by molar-refractivity contribution is 0.190. The van der Waals surface area contributed by atoms with Gasteiger partial charge in [-0.3, -0.25) is 4.57 Å². The first-order valence-electron chi connectivity index (χ1n) is 8.84. The summed E-state index contributed by atoms with van der Waals surface area (Å²) in [6, 6.07) is 9.61. The topological polar surface area (TPSA) is 72.2 Å². The number of nitrogens with one attached hydrogen (secondary N) is 1. The van der Waals surface area contributed by atoms with Crippen molar-refractivity contribution >= 4 is 6.03 Å². The van der Waals surface area contributed by atoms with Crippen molar-refractivity contribution < 1.29 is 4.79 Å². The van der Waals surface area contributed by atoms with E-state index < -0.39 is 0 Å². The van der Waals surface area contributed by atoms with Gasteiger partial charge in [-0.1, -0.05) is 37.3 Å². The van der Waals surface area contributed by atoms with Crippen LogP contribution in [0, 0.1) is 0 Å². The van der Waals surface area contributed by atoms with Crippen LogP contribution in [0.25, 0.3) is 0 Å². The molecule has 7 nitrogen and oxygen atoms in total. The number of urea groups is 1. The number of rotatable bonds is 5. The third kappa shape index (κ3) is 3.60. The largest absolute Gasteiger partial charge is 0.346 e. The maximum Gasteiger partial charge on any atom is 0.346 e. The van der Waals surface area contributed by atoms with Crippen LogP contribution in [-0.4, -0.2) is 38.4 Å². The van der Waals surface area contributed by atoms with E-state index in [0.717, 1.165) is 24.8 Å². The minimum absolute atomic E-state index is 0.0753. The first-order chi connectivity index (χ1) is 12.1. The Morgan fingerprint density at radius 3 is 2.80 bits per heavy atom. The molecule has 1 aliphatic heterocycles. The normalized spacial score (nSPS) is 17.0. The number of likely N-dealkylation sites (tertiary alicyclic amines) is 1. The predicted molar refractivity (Wildman–Crippen MR) is 95.4 cm³/mol. The van der Waals surface area contributed by atoms with Gasteiger partial charge in [0.15, 0.2) is 5.82 Å². The lowest BCUT2D eigenvalue weighted by Crippen LogP contribution is -2.40. The summed E-state index contributed by atoms with van der Waals surface area (Å²) in [6.45, 7) is 3.83. The molecule has 0 bridgehead atoms. The average molecular weight is 343 g/mol. The Kier molecular flexibility index (Phi) is 5.21. The fraction of sp³-hybridized carbons (Fsp3) is 0.500. The molecule has 2 amide bonds. The fourth-order valence-electron chi connectivity index (χ4n) is 3.30. The summed E-state index contributed by atoms with van der Waals surface area (Å²) in [5.74, 6) is 0.667. The van der Waals surface area contributed by atoms with Crippen LogP contribution in [0.5, 0.6) is 0 Å². The van der Waals surface area contributed by atoms with Crippen LogP contribution in [0.1, 0.15) is 43.6 Å². The summed E-state index contributed by atoms with van der Waals surface area (Å²) in [5, 5.41) is 7.38. The molecule has 0 radical (unpaired) electrons. The van der Waals surface area contributed by atoms with Gasteiger partial charge in [-0.05, 0) is 24.8 Å². The van der Waals surface area contributed by atoms with Gasteiger partial charge in [-0.15, -0.1) is 0 Å². The zero-order chi connectivity index (χ0) is 17.8. The molecule has 25 heavy (non-hydrogen) atoms. The molecule has 3 rings (SSSR count). The number of hydrogen-bond acceptors (Lipinski definition) is 3. The Morgan fingerprint density at radius 2 is 2.08 bits per heavy atom. The van der Waals surface area contributed by atoms with E-state index in [9.17, 15) is 9.59 Å². The van der Waals surface area contributed by atoms with Crippen molar-refractivity contribution in [2.24, 2.45) is 7.05 Å². The van der Waals surface area contributed by atoms with Crippen molar-refractivity contribution in [3.8, 4) is 0 Å². The fourth-order valence-corrected chi connectivity index (χ4v) is 3.30. The molecule has 134 valence electrons. The molecule has 1 aliphatic rings. The van der Waals surface area contributed by atoms with Crippen LogP contribution < -0.4 is 11.0 Å². The van der Waals surface area contributed by atoms with Gasteiger partial charge in [0.25, 0.3) is 0 Å². The molecule has 1 N–H and O–H groups in total. The van der Waals surface area contributed by atoms with Gasteiger partial charge < -0.3 is 10.2 Å². The number of amides is 2. The van der Waals surface area contributed by atoms with Gasteiger partial charge in [-0.25, -0.2) is 14.3 Å². The van der Waals surface area contributed by atoms with Gasteiger partial charge in [0.2, 0.25) is 0 Å². The van der Waals surface area contributed by atoms with E-state index in [4.69, 9.17) is 0 Å². The van der Waals surface area contributed by atoms with Gasteiger partial charge in [0, 0.05) is 20.1 Å². The molecule has 1 atom stereocenters.